The van der Waals surface area contributed by atoms with Crippen molar-refractivity contribution >= 4 is 12.3 Å². The predicted octanol–water partition coefficient (Wildman–Crippen LogP) is -0.552. The minimum absolute atomic E-state index is 0.146. The molecular weight excluding hydrogens is 196 g/mol. The highest BCUT2D eigenvalue weighted by Gasteiger charge is 2.27. The van der Waals surface area contributed by atoms with E-state index in [9.17, 15) is 9.59 Å². The van der Waals surface area contributed by atoms with Crippen molar-refractivity contribution in [1.29, 1.82) is 0 Å². The zero-order valence-corrected chi connectivity index (χ0v) is 9.06. The summed E-state index contributed by atoms with van der Waals surface area (Å²) in [6, 6.07) is -0.722. The maximum atomic E-state index is 11.9. The van der Waals surface area contributed by atoms with Crippen molar-refractivity contribution in [3.8, 4) is 0 Å². The third-order valence-corrected chi connectivity index (χ3v) is 2.78. The average molecular weight is 214 g/mol. The fourth-order valence-corrected chi connectivity index (χ4v) is 1.78. The fraction of sp³-hybridized carbons (Fsp3) is 0.800. The van der Waals surface area contributed by atoms with Gasteiger partial charge in [-0.15, -0.1) is 0 Å². The molecule has 86 valence electrons. The molecule has 1 aliphatic heterocycles. The maximum absolute atomic E-state index is 11.9. The molecule has 1 N–H and O–H groups in total. The molecule has 1 atom stereocenters. The first-order valence-corrected chi connectivity index (χ1v) is 5.27. The number of hydrogen-bond acceptors (Lipinski definition) is 3. The number of hydrogen-bond donors (Lipinski definition) is 1. The number of amides is 2. The van der Waals surface area contributed by atoms with E-state index in [0.717, 1.165) is 32.4 Å². The van der Waals surface area contributed by atoms with Gasteiger partial charge < -0.3 is 14.9 Å². The van der Waals surface area contributed by atoms with Crippen molar-refractivity contribution in [2.45, 2.75) is 25.3 Å². The van der Waals surface area contributed by atoms with Gasteiger partial charge in [0.1, 0.15) is 6.04 Å². The standard InChI is InChI=1S/C10H18N2O3/c1-11(8-14)9(7-13)10(15)12-5-3-2-4-6-12/h8-9,13H,2-7H2,1H3. The molecule has 0 saturated carbocycles. The van der Waals surface area contributed by atoms with Crippen LogP contribution in [0.4, 0.5) is 0 Å². The van der Waals surface area contributed by atoms with Gasteiger partial charge in [0.05, 0.1) is 6.61 Å². The second-order valence-corrected chi connectivity index (χ2v) is 3.86. The topological polar surface area (TPSA) is 60.9 Å². The Balaban J connectivity index is 2.58. The van der Waals surface area contributed by atoms with Crippen molar-refractivity contribution < 1.29 is 14.7 Å². The largest absolute Gasteiger partial charge is 0.394 e. The molecule has 1 unspecified atom stereocenters. The molecule has 1 aliphatic rings. The van der Waals surface area contributed by atoms with E-state index in [1.807, 2.05) is 0 Å². The van der Waals surface area contributed by atoms with Crippen LogP contribution in [-0.2, 0) is 9.59 Å². The summed E-state index contributed by atoms with van der Waals surface area (Å²) in [6.07, 6.45) is 3.74. The summed E-state index contributed by atoms with van der Waals surface area (Å²) >= 11 is 0. The van der Waals surface area contributed by atoms with Gasteiger partial charge in [-0.2, -0.15) is 0 Å². The van der Waals surface area contributed by atoms with E-state index in [1.54, 1.807) is 4.90 Å². The smallest absolute Gasteiger partial charge is 0.247 e. The molecule has 1 fully saturated rings. The second-order valence-electron chi connectivity index (χ2n) is 3.86. The third kappa shape index (κ3) is 2.92. The summed E-state index contributed by atoms with van der Waals surface area (Å²) in [5, 5.41) is 9.08. The molecule has 2 amide bonds. The molecule has 5 heteroatoms. The molecule has 0 aromatic carbocycles. The molecule has 0 aromatic rings. The molecule has 0 radical (unpaired) electrons. The van der Waals surface area contributed by atoms with E-state index >= 15 is 0 Å². The Labute approximate surface area is 89.7 Å². The second kappa shape index (κ2) is 5.70. The molecule has 15 heavy (non-hydrogen) atoms. The van der Waals surface area contributed by atoms with Crippen molar-refractivity contribution in [3.63, 3.8) is 0 Å². The van der Waals surface area contributed by atoms with Crippen LogP contribution in [0, 0.1) is 0 Å². The van der Waals surface area contributed by atoms with Gasteiger partial charge in [-0.25, -0.2) is 0 Å². The minimum atomic E-state index is -0.722. The highest BCUT2D eigenvalue weighted by molar-refractivity contribution is 5.83. The van der Waals surface area contributed by atoms with Gasteiger partial charge in [-0.3, -0.25) is 9.59 Å². The fourth-order valence-electron chi connectivity index (χ4n) is 1.78. The molecule has 0 aliphatic carbocycles. The van der Waals surface area contributed by atoms with Crippen molar-refractivity contribution in [3.05, 3.63) is 0 Å². The summed E-state index contributed by atoms with van der Waals surface area (Å²) in [5.41, 5.74) is 0. The first kappa shape index (κ1) is 12.0. The lowest BCUT2D eigenvalue weighted by molar-refractivity contribution is -0.142. The summed E-state index contributed by atoms with van der Waals surface area (Å²) in [6.45, 7) is 1.16. The summed E-state index contributed by atoms with van der Waals surface area (Å²) < 4.78 is 0. The Morgan fingerprint density at radius 3 is 2.53 bits per heavy atom. The summed E-state index contributed by atoms with van der Waals surface area (Å²) in [4.78, 5) is 25.4. The Bertz CT molecular complexity index is 227. The molecule has 1 rings (SSSR count). The van der Waals surface area contributed by atoms with Crippen molar-refractivity contribution in [2.24, 2.45) is 0 Å². The lowest BCUT2D eigenvalue weighted by Gasteiger charge is -2.32. The van der Waals surface area contributed by atoms with Gasteiger partial charge >= 0.3 is 0 Å². The first-order chi connectivity index (χ1) is 7.20. The van der Waals surface area contributed by atoms with E-state index in [1.165, 1.54) is 11.9 Å². The predicted molar refractivity (Wildman–Crippen MR) is 55.1 cm³/mol. The summed E-state index contributed by atoms with van der Waals surface area (Å²) in [7, 11) is 1.51. The number of carbonyl (C=O) groups is 2. The van der Waals surface area contributed by atoms with Gasteiger partial charge in [-0.1, -0.05) is 0 Å². The molecular formula is C10H18N2O3. The molecule has 1 saturated heterocycles. The van der Waals surface area contributed by atoms with Crippen LogP contribution >= 0.6 is 0 Å². The van der Waals surface area contributed by atoms with E-state index in [0.29, 0.717) is 6.41 Å². The van der Waals surface area contributed by atoms with E-state index in [4.69, 9.17) is 5.11 Å². The van der Waals surface area contributed by atoms with E-state index < -0.39 is 6.04 Å². The number of aliphatic hydroxyl groups excluding tert-OH is 1. The SMILES string of the molecule is CN(C=O)C(CO)C(=O)N1CCCCC1. The Morgan fingerprint density at radius 2 is 2.07 bits per heavy atom. The number of nitrogens with zero attached hydrogens (tertiary/aromatic N) is 2. The highest BCUT2D eigenvalue weighted by atomic mass is 16.3. The summed E-state index contributed by atoms with van der Waals surface area (Å²) in [5.74, 6) is -0.146. The number of carbonyl (C=O) groups excluding carboxylic acids is 2. The van der Waals surface area contributed by atoms with Crippen LogP contribution in [0.5, 0.6) is 0 Å². The Morgan fingerprint density at radius 1 is 1.47 bits per heavy atom. The van der Waals surface area contributed by atoms with Crippen LogP contribution in [0.15, 0.2) is 0 Å². The van der Waals surface area contributed by atoms with E-state index in [-0.39, 0.29) is 12.5 Å². The lowest BCUT2D eigenvalue weighted by atomic mass is 10.1. The van der Waals surface area contributed by atoms with Gasteiger partial charge in [0.2, 0.25) is 12.3 Å². The van der Waals surface area contributed by atoms with Crippen molar-refractivity contribution in [1.82, 2.24) is 9.80 Å². The van der Waals surface area contributed by atoms with Gasteiger partial charge in [0.25, 0.3) is 0 Å². The van der Waals surface area contributed by atoms with Gasteiger partial charge in [-0.05, 0) is 19.3 Å². The number of likely N-dealkylation sites (tertiary alicyclic amines) is 1. The van der Waals surface area contributed by atoms with Gasteiger partial charge in [0.15, 0.2) is 0 Å². The van der Waals surface area contributed by atoms with Gasteiger partial charge in [0, 0.05) is 20.1 Å². The van der Waals surface area contributed by atoms with Crippen LogP contribution in [0.25, 0.3) is 0 Å². The molecule has 0 aromatic heterocycles. The normalized spacial score (nSPS) is 18.4. The molecule has 5 nitrogen and oxygen atoms in total. The number of piperidine rings is 1. The molecule has 0 bridgehead atoms. The number of rotatable bonds is 4. The zero-order chi connectivity index (χ0) is 11.3. The molecule has 1 heterocycles. The van der Waals surface area contributed by atoms with Crippen LogP contribution in [0.2, 0.25) is 0 Å². The van der Waals surface area contributed by atoms with Crippen LogP contribution in [0.1, 0.15) is 19.3 Å². The maximum Gasteiger partial charge on any atom is 0.247 e. The van der Waals surface area contributed by atoms with Crippen LogP contribution < -0.4 is 0 Å². The average Bonchev–Trinajstić information content (AvgIpc) is 2.30. The lowest BCUT2D eigenvalue weighted by Crippen LogP contribution is -2.50. The van der Waals surface area contributed by atoms with Crippen LogP contribution in [-0.4, -0.2) is 60.0 Å². The Hall–Kier alpha value is -1.10. The monoisotopic (exact) mass is 214 g/mol. The molecule has 0 spiro atoms. The van der Waals surface area contributed by atoms with Crippen molar-refractivity contribution in [2.75, 3.05) is 26.7 Å². The third-order valence-electron chi connectivity index (χ3n) is 2.78. The quantitative estimate of drug-likeness (QED) is 0.639. The number of aliphatic hydroxyl groups is 1. The number of likely N-dealkylation sites (N-methyl/N-ethyl adjacent to an activating group) is 1. The Kier molecular flexibility index (Phi) is 4.55. The van der Waals surface area contributed by atoms with E-state index in [2.05, 4.69) is 0 Å². The zero-order valence-electron chi connectivity index (χ0n) is 9.06. The van der Waals surface area contributed by atoms with Crippen LogP contribution in [0.3, 0.4) is 0 Å². The first-order valence-electron chi connectivity index (χ1n) is 5.27. The highest BCUT2D eigenvalue weighted by Crippen LogP contribution is 2.11. The minimum Gasteiger partial charge on any atom is -0.394 e.